The first-order valence-corrected chi connectivity index (χ1v) is 3.66. The van der Waals surface area contributed by atoms with Crippen LogP contribution >= 0.6 is 0 Å². The highest BCUT2D eigenvalue weighted by atomic mass is 19.4. The fourth-order valence-electron chi connectivity index (χ4n) is 0.942. The van der Waals surface area contributed by atoms with E-state index in [4.69, 9.17) is 0 Å². The summed E-state index contributed by atoms with van der Waals surface area (Å²) < 4.78 is 35.5. The number of halogens is 3. The van der Waals surface area contributed by atoms with Gasteiger partial charge in [0, 0.05) is 20.0 Å². The molecule has 1 amide bonds. The molecule has 0 saturated heterocycles. The second-order valence-corrected chi connectivity index (χ2v) is 3.08. The van der Waals surface area contributed by atoms with Crippen LogP contribution in [0, 0.1) is 5.92 Å². The first-order chi connectivity index (χ1) is 5.24. The number of hydrogen-bond acceptors (Lipinski definition) is 1. The molecule has 0 aliphatic rings. The van der Waals surface area contributed by atoms with E-state index in [1.54, 1.807) is 0 Å². The van der Waals surface area contributed by atoms with Crippen molar-refractivity contribution in [2.45, 2.75) is 13.2 Å². The van der Waals surface area contributed by atoms with Crippen LogP contribution in [0.4, 0.5) is 12.9 Å². The Morgan fingerprint density at radius 3 is 2.08 bits per heavy atom. The second kappa shape index (κ2) is 3.82. The molecule has 0 rings (SSSR count). The molecule has 6 heteroatoms. The van der Waals surface area contributed by atoms with Crippen LogP contribution in [0.1, 0.15) is 6.92 Å². The molecule has 2 nitrogen and oxygen atoms in total. The van der Waals surface area contributed by atoms with E-state index in [-0.39, 0.29) is 0 Å². The van der Waals surface area contributed by atoms with Gasteiger partial charge in [-0.1, -0.05) is 13.2 Å². The molecule has 0 N–H and O–H groups in total. The summed E-state index contributed by atoms with van der Waals surface area (Å²) in [5.41, 5.74) is 0. The van der Waals surface area contributed by atoms with Gasteiger partial charge in [0.15, 0.2) is 0 Å². The second-order valence-electron chi connectivity index (χ2n) is 3.08. The molecule has 0 heterocycles. The highest BCUT2D eigenvalue weighted by Gasteiger charge is 2.29. The molecule has 0 saturated carbocycles. The Labute approximate surface area is 69.8 Å². The molecule has 0 aromatic carbocycles. The molecular formula is C6H12BF3NO-. The minimum atomic E-state index is -4.85. The topological polar surface area (TPSA) is 20.3 Å². The fraction of sp³-hybridized carbons (Fsp3) is 0.833. The Morgan fingerprint density at radius 1 is 1.42 bits per heavy atom. The van der Waals surface area contributed by atoms with E-state index in [0.717, 1.165) is 0 Å². The smallest absolute Gasteiger partial charge is 0.449 e. The van der Waals surface area contributed by atoms with Crippen LogP contribution in [-0.2, 0) is 4.79 Å². The Bertz CT molecular complexity index is 169. The fourth-order valence-corrected chi connectivity index (χ4v) is 0.942. The summed E-state index contributed by atoms with van der Waals surface area (Å²) in [6.07, 6.45) is -0.989. The Morgan fingerprint density at radius 2 is 1.83 bits per heavy atom. The molecule has 0 aromatic heterocycles. The van der Waals surface area contributed by atoms with Crippen LogP contribution in [-0.4, -0.2) is 31.9 Å². The third kappa shape index (κ3) is 4.25. The van der Waals surface area contributed by atoms with Gasteiger partial charge in [0.05, 0.1) is 0 Å². The average molecular weight is 182 g/mol. The summed E-state index contributed by atoms with van der Waals surface area (Å²) in [5, 5.41) is 0. The number of carbonyl (C=O) groups excluding carboxylic acids is 1. The summed E-state index contributed by atoms with van der Waals surface area (Å²) >= 11 is 0. The summed E-state index contributed by atoms with van der Waals surface area (Å²) in [5.74, 6) is -1.44. The predicted molar refractivity (Wildman–Crippen MR) is 41.7 cm³/mol. The molecule has 1 atom stereocenters. The van der Waals surface area contributed by atoms with Crippen molar-refractivity contribution in [3.8, 4) is 0 Å². The molecule has 0 aromatic rings. The lowest BCUT2D eigenvalue weighted by Crippen LogP contribution is -2.32. The van der Waals surface area contributed by atoms with Gasteiger partial charge in [0.25, 0.3) is 0 Å². The highest BCUT2D eigenvalue weighted by molar-refractivity contribution is 6.58. The first kappa shape index (κ1) is 11.3. The number of hydrogen-bond donors (Lipinski definition) is 0. The van der Waals surface area contributed by atoms with E-state index in [2.05, 4.69) is 0 Å². The quantitative estimate of drug-likeness (QED) is 0.606. The Kier molecular flexibility index (Phi) is 3.61. The molecule has 0 aliphatic heterocycles. The van der Waals surface area contributed by atoms with Gasteiger partial charge in [-0.15, -0.1) is 0 Å². The van der Waals surface area contributed by atoms with Gasteiger partial charge in [0.2, 0.25) is 5.91 Å². The van der Waals surface area contributed by atoms with Crippen molar-refractivity contribution >= 4 is 12.9 Å². The SMILES string of the molecule is CC(C[B-](F)(F)F)C(=O)N(C)C. The maximum atomic E-state index is 11.8. The zero-order valence-corrected chi connectivity index (χ0v) is 7.35. The van der Waals surface area contributed by atoms with Gasteiger partial charge >= 0.3 is 6.98 Å². The van der Waals surface area contributed by atoms with Gasteiger partial charge in [-0.2, -0.15) is 0 Å². The maximum Gasteiger partial charge on any atom is 0.479 e. The van der Waals surface area contributed by atoms with Gasteiger partial charge in [-0.25, -0.2) is 0 Å². The van der Waals surface area contributed by atoms with Crippen molar-refractivity contribution in [2.75, 3.05) is 14.1 Å². The summed E-state index contributed by atoms with van der Waals surface area (Å²) in [4.78, 5) is 12.1. The van der Waals surface area contributed by atoms with Crippen molar-refractivity contribution < 1.29 is 17.7 Å². The van der Waals surface area contributed by atoms with Crippen molar-refractivity contribution in [3.63, 3.8) is 0 Å². The van der Waals surface area contributed by atoms with Crippen LogP contribution in [0.3, 0.4) is 0 Å². The standard InChI is InChI=1S/C6H12BF3NO/c1-5(4-7(8,9)10)6(12)11(2)3/h5H,4H2,1-3H3/q-1. The minimum absolute atomic E-state index is 0.478. The van der Waals surface area contributed by atoms with Crippen molar-refractivity contribution in [3.05, 3.63) is 0 Å². The molecule has 1 unspecified atom stereocenters. The van der Waals surface area contributed by atoms with E-state index >= 15 is 0 Å². The molecule has 0 bridgehead atoms. The van der Waals surface area contributed by atoms with Crippen LogP contribution in [0.25, 0.3) is 0 Å². The van der Waals surface area contributed by atoms with Crippen LogP contribution in [0.2, 0.25) is 6.32 Å². The zero-order valence-electron chi connectivity index (χ0n) is 7.35. The van der Waals surface area contributed by atoms with E-state index in [9.17, 15) is 17.7 Å². The third-order valence-electron chi connectivity index (χ3n) is 1.48. The molecular weight excluding hydrogens is 170 g/mol. The molecule has 0 radical (unpaired) electrons. The van der Waals surface area contributed by atoms with E-state index < -0.39 is 25.1 Å². The number of amides is 1. The number of nitrogens with zero attached hydrogens (tertiary/aromatic N) is 1. The van der Waals surface area contributed by atoms with Gasteiger partial charge in [-0.05, 0) is 0 Å². The van der Waals surface area contributed by atoms with Crippen molar-refractivity contribution in [1.29, 1.82) is 0 Å². The minimum Gasteiger partial charge on any atom is -0.449 e. The van der Waals surface area contributed by atoms with Crippen LogP contribution < -0.4 is 0 Å². The lowest BCUT2D eigenvalue weighted by Gasteiger charge is -2.21. The first-order valence-electron chi connectivity index (χ1n) is 3.66. The molecule has 0 spiro atoms. The summed E-state index contributed by atoms with van der Waals surface area (Å²) in [6, 6.07) is 0. The average Bonchev–Trinajstić information content (AvgIpc) is 1.82. The van der Waals surface area contributed by atoms with Gasteiger partial charge in [-0.3, -0.25) is 4.79 Å². The van der Waals surface area contributed by atoms with Crippen LogP contribution in [0.15, 0.2) is 0 Å². The van der Waals surface area contributed by atoms with Gasteiger partial charge in [0.1, 0.15) is 0 Å². The monoisotopic (exact) mass is 182 g/mol. The molecule has 72 valence electrons. The highest BCUT2D eigenvalue weighted by Crippen LogP contribution is 2.21. The molecule has 0 aliphatic carbocycles. The Hall–Kier alpha value is -0.675. The largest absolute Gasteiger partial charge is 0.479 e. The predicted octanol–water partition coefficient (Wildman–Crippen LogP) is 1.56. The van der Waals surface area contributed by atoms with E-state index in [1.165, 1.54) is 25.9 Å². The molecule has 0 fully saturated rings. The van der Waals surface area contributed by atoms with E-state index in [0.29, 0.717) is 0 Å². The summed E-state index contributed by atoms with van der Waals surface area (Å²) in [7, 11) is 2.89. The lowest BCUT2D eigenvalue weighted by atomic mass is 9.78. The molecule has 12 heavy (non-hydrogen) atoms. The van der Waals surface area contributed by atoms with Gasteiger partial charge < -0.3 is 17.8 Å². The maximum absolute atomic E-state index is 11.8. The summed E-state index contributed by atoms with van der Waals surface area (Å²) in [6.45, 7) is -3.56. The van der Waals surface area contributed by atoms with Crippen LogP contribution in [0.5, 0.6) is 0 Å². The number of rotatable bonds is 3. The van der Waals surface area contributed by atoms with Crippen molar-refractivity contribution in [1.82, 2.24) is 4.90 Å². The van der Waals surface area contributed by atoms with E-state index in [1.807, 2.05) is 0 Å². The van der Waals surface area contributed by atoms with Crippen molar-refractivity contribution in [2.24, 2.45) is 5.92 Å². The number of carbonyl (C=O) groups is 1. The third-order valence-corrected chi connectivity index (χ3v) is 1.48. The lowest BCUT2D eigenvalue weighted by molar-refractivity contribution is -0.131. The zero-order chi connectivity index (χ0) is 9.94. The normalized spacial score (nSPS) is 14.2. The Balaban J connectivity index is 4.05.